The second-order valence-corrected chi connectivity index (χ2v) is 7.48. The van der Waals surface area contributed by atoms with Gasteiger partial charge in [-0.25, -0.2) is 4.98 Å². The summed E-state index contributed by atoms with van der Waals surface area (Å²) in [6.45, 7) is 6.21. The van der Waals surface area contributed by atoms with Crippen molar-refractivity contribution in [2.24, 2.45) is 0 Å². The molecule has 6 nitrogen and oxygen atoms in total. The molecule has 1 aromatic heterocycles. The first-order chi connectivity index (χ1) is 12.7. The number of hydrogen-bond donors (Lipinski definition) is 2. The van der Waals surface area contributed by atoms with Crippen molar-refractivity contribution >= 4 is 11.7 Å². The van der Waals surface area contributed by atoms with Crippen LogP contribution < -0.4 is 5.32 Å². The third kappa shape index (κ3) is 4.74. The number of piperidine rings is 2. The molecule has 2 N–H and O–H groups in total. The Morgan fingerprint density at radius 3 is 2.54 bits per heavy atom. The molecule has 0 bridgehead atoms. The maximum Gasteiger partial charge on any atom is 0.255 e. The smallest absolute Gasteiger partial charge is 0.255 e. The standard InChI is InChI=1S/C20H32N4O2/c1-2-17(15-25)22-19-7-6-16(14-21-19)20(26)24-12-8-18(9-13-24)23-10-4-3-5-11-23/h6-7,14,17-18,25H,2-5,8-13,15H2,1H3,(H,21,22). The van der Waals surface area contributed by atoms with E-state index in [4.69, 9.17) is 0 Å². The minimum absolute atomic E-state index is 0.00198. The number of nitrogens with one attached hydrogen (secondary N) is 1. The van der Waals surface area contributed by atoms with Gasteiger partial charge >= 0.3 is 0 Å². The Labute approximate surface area is 156 Å². The molecule has 2 saturated heterocycles. The second kappa shape index (κ2) is 9.33. The lowest BCUT2D eigenvalue weighted by molar-refractivity contribution is 0.0589. The number of carbonyl (C=O) groups excluding carboxylic acids is 1. The molecule has 6 heteroatoms. The molecule has 3 heterocycles. The van der Waals surface area contributed by atoms with Crippen molar-refractivity contribution in [3.63, 3.8) is 0 Å². The fourth-order valence-electron chi connectivity index (χ4n) is 3.99. The summed E-state index contributed by atoms with van der Waals surface area (Å²) in [6.07, 6.45) is 8.63. The van der Waals surface area contributed by atoms with Crippen molar-refractivity contribution < 1.29 is 9.90 Å². The average Bonchev–Trinajstić information content (AvgIpc) is 2.72. The number of pyridine rings is 1. The van der Waals surface area contributed by atoms with Crippen LogP contribution in [0.3, 0.4) is 0 Å². The minimum atomic E-state index is -0.00198. The van der Waals surface area contributed by atoms with Crippen LogP contribution in [-0.2, 0) is 0 Å². The van der Waals surface area contributed by atoms with E-state index in [1.165, 1.54) is 32.4 Å². The van der Waals surface area contributed by atoms with Crippen LogP contribution in [-0.4, -0.2) is 70.7 Å². The molecule has 0 spiro atoms. The summed E-state index contributed by atoms with van der Waals surface area (Å²) in [4.78, 5) is 21.7. The summed E-state index contributed by atoms with van der Waals surface area (Å²) in [7, 11) is 0. The van der Waals surface area contributed by atoms with E-state index in [0.717, 1.165) is 32.4 Å². The molecule has 3 rings (SSSR count). The van der Waals surface area contributed by atoms with E-state index >= 15 is 0 Å². The molecular weight excluding hydrogens is 328 g/mol. The highest BCUT2D eigenvalue weighted by Crippen LogP contribution is 2.22. The Balaban J connectivity index is 1.51. The zero-order valence-electron chi connectivity index (χ0n) is 15.9. The topological polar surface area (TPSA) is 68.7 Å². The largest absolute Gasteiger partial charge is 0.394 e. The van der Waals surface area contributed by atoms with Gasteiger partial charge < -0.3 is 20.2 Å². The maximum atomic E-state index is 12.7. The van der Waals surface area contributed by atoms with Crippen molar-refractivity contribution in [2.45, 2.75) is 57.5 Å². The molecule has 2 aliphatic heterocycles. The number of hydrogen-bond acceptors (Lipinski definition) is 5. The van der Waals surface area contributed by atoms with E-state index in [9.17, 15) is 9.90 Å². The second-order valence-electron chi connectivity index (χ2n) is 7.48. The number of aliphatic hydroxyl groups is 1. The summed E-state index contributed by atoms with van der Waals surface area (Å²) in [6, 6.07) is 4.30. The van der Waals surface area contributed by atoms with E-state index in [0.29, 0.717) is 17.4 Å². The monoisotopic (exact) mass is 360 g/mol. The van der Waals surface area contributed by atoms with Gasteiger partial charge in [-0.15, -0.1) is 0 Å². The molecule has 144 valence electrons. The fraction of sp³-hybridized carbons (Fsp3) is 0.700. The molecule has 0 radical (unpaired) electrons. The lowest BCUT2D eigenvalue weighted by Crippen LogP contribution is -2.48. The number of rotatable bonds is 6. The first-order valence-electron chi connectivity index (χ1n) is 10.1. The van der Waals surface area contributed by atoms with Gasteiger partial charge in [0.05, 0.1) is 18.2 Å². The molecule has 1 amide bonds. The number of anilines is 1. The summed E-state index contributed by atoms with van der Waals surface area (Å²) in [5, 5.41) is 12.4. The first-order valence-corrected chi connectivity index (χ1v) is 10.1. The predicted molar refractivity (Wildman–Crippen MR) is 103 cm³/mol. The lowest BCUT2D eigenvalue weighted by atomic mass is 9.99. The Kier molecular flexibility index (Phi) is 6.86. The third-order valence-corrected chi connectivity index (χ3v) is 5.73. The number of aromatic nitrogens is 1. The number of aliphatic hydroxyl groups excluding tert-OH is 1. The van der Waals surface area contributed by atoms with Gasteiger partial charge in [-0.05, 0) is 57.3 Å². The third-order valence-electron chi connectivity index (χ3n) is 5.73. The normalized spacial score (nSPS) is 20.8. The van der Waals surface area contributed by atoms with E-state index in [2.05, 4.69) is 15.2 Å². The molecule has 0 aromatic carbocycles. The summed E-state index contributed by atoms with van der Waals surface area (Å²) < 4.78 is 0. The zero-order chi connectivity index (χ0) is 18.4. The highest BCUT2D eigenvalue weighted by Gasteiger charge is 2.28. The van der Waals surface area contributed by atoms with Crippen LogP contribution in [0.25, 0.3) is 0 Å². The van der Waals surface area contributed by atoms with E-state index in [1.807, 2.05) is 24.0 Å². The molecule has 0 saturated carbocycles. The summed E-state index contributed by atoms with van der Waals surface area (Å²) in [5.74, 6) is 0.779. The van der Waals surface area contributed by atoms with Crippen molar-refractivity contribution in [2.75, 3.05) is 38.1 Å². The van der Waals surface area contributed by atoms with Gasteiger partial charge in [0, 0.05) is 25.3 Å². The summed E-state index contributed by atoms with van der Waals surface area (Å²) in [5.41, 5.74) is 0.643. The first kappa shape index (κ1) is 19.1. The van der Waals surface area contributed by atoms with Crippen molar-refractivity contribution in [3.05, 3.63) is 23.9 Å². The van der Waals surface area contributed by atoms with Crippen molar-refractivity contribution in [3.8, 4) is 0 Å². The predicted octanol–water partition coefficient (Wildman–Crippen LogP) is 2.35. The Morgan fingerprint density at radius 1 is 1.23 bits per heavy atom. The molecule has 2 fully saturated rings. The highest BCUT2D eigenvalue weighted by atomic mass is 16.3. The van der Waals surface area contributed by atoms with Crippen LogP contribution in [0.15, 0.2) is 18.3 Å². The molecule has 1 atom stereocenters. The van der Waals surface area contributed by atoms with Gasteiger partial charge in [-0.1, -0.05) is 13.3 Å². The molecule has 26 heavy (non-hydrogen) atoms. The van der Waals surface area contributed by atoms with Crippen LogP contribution >= 0.6 is 0 Å². The van der Waals surface area contributed by atoms with Crippen LogP contribution in [0.2, 0.25) is 0 Å². The van der Waals surface area contributed by atoms with Gasteiger partial charge in [0.15, 0.2) is 0 Å². The number of amides is 1. The Morgan fingerprint density at radius 2 is 1.96 bits per heavy atom. The van der Waals surface area contributed by atoms with Gasteiger partial charge in [-0.2, -0.15) is 0 Å². The Hall–Kier alpha value is -1.66. The van der Waals surface area contributed by atoms with Gasteiger partial charge in [0.25, 0.3) is 5.91 Å². The SMILES string of the molecule is CCC(CO)Nc1ccc(C(=O)N2CCC(N3CCCCC3)CC2)cn1. The summed E-state index contributed by atoms with van der Waals surface area (Å²) >= 11 is 0. The van der Waals surface area contributed by atoms with Gasteiger partial charge in [0.1, 0.15) is 5.82 Å². The quantitative estimate of drug-likeness (QED) is 0.815. The maximum absolute atomic E-state index is 12.7. The van der Waals surface area contributed by atoms with E-state index in [1.54, 1.807) is 6.20 Å². The number of likely N-dealkylation sites (tertiary alicyclic amines) is 2. The van der Waals surface area contributed by atoms with Crippen molar-refractivity contribution in [1.82, 2.24) is 14.8 Å². The molecule has 1 aromatic rings. The highest BCUT2D eigenvalue weighted by molar-refractivity contribution is 5.94. The van der Waals surface area contributed by atoms with E-state index in [-0.39, 0.29) is 18.6 Å². The fourth-order valence-corrected chi connectivity index (χ4v) is 3.99. The van der Waals surface area contributed by atoms with Crippen LogP contribution in [0, 0.1) is 0 Å². The van der Waals surface area contributed by atoms with Crippen LogP contribution in [0.4, 0.5) is 5.82 Å². The number of nitrogens with zero attached hydrogens (tertiary/aromatic N) is 3. The Bertz CT molecular complexity index is 560. The van der Waals surface area contributed by atoms with Gasteiger partial charge in [0.2, 0.25) is 0 Å². The van der Waals surface area contributed by atoms with Crippen molar-refractivity contribution in [1.29, 1.82) is 0 Å². The number of carbonyl (C=O) groups is 1. The molecular formula is C20H32N4O2. The average molecular weight is 361 g/mol. The molecule has 1 unspecified atom stereocenters. The van der Waals surface area contributed by atoms with Gasteiger partial charge in [-0.3, -0.25) is 4.79 Å². The van der Waals surface area contributed by atoms with Crippen LogP contribution in [0.1, 0.15) is 55.8 Å². The molecule has 2 aliphatic rings. The molecule has 0 aliphatic carbocycles. The minimum Gasteiger partial charge on any atom is -0.394 e. The van der Waals surface area contributed by atoms with Crippen LogP contribution in [0.5, 0.6) is 0 Å². The van der Waals surface area contributed by atoms with E-state index < -0.39 is 0 Å². The zero-order valence-corrected chi connectivity index (χ0v) is 15.9. The lowest BCUT2D eigenvalue weighted by Gasteiger charge is -2.40.